The summed E-state index contributed by atoms with van der Waals surface area (Å²) < 4.78 is 0. The highest BCUT2D eigenvalue weighted by molar-refractivity contribution is 5.94. The van der Waals surface area contributed by atoms with E-state index in [0.717, 1.165) is 42.6 Å². The van der Waals surface area contributed by atoms with Crippen LogP contribution in [-0.4, -0.2) is 37.0 Å². The van der Waals surface area contributed by atoms with E-state index in [1.807, 2.05) is 12.1 Å². The van der Waals surface area contributed by atoms with Crippen molar-refractivity contribution in [3.05, 3.63) is 65.2 Å². The van der Waals surface area contributed by atoms with E-state index in [1.54, 1.807) is 0 Å². The van der Waals surface area contributed by atoms with E-state index in [-0.39, 0.29) is 11.9 Å². The Morgan fingerprint density at radius 3 is 2.28 bits per heavy atom. The fourth-order valence-electron chi connectivity index (χ4n) is 5.05. The lowest BCUT2D eigenvalue weighted by molar-refractivity contribution is 0.0940. The normalized spacial score (nSPS) is 21.3. The summed E-state index contributed by atoms with van der Waals surface area (Å²) in [6.07, 6.45) is 5.17. The number of hydrogen-bond donors (Lipinski definition) is 1. The quantitative estimate of drug-likeness (QED) is 0.640. The zero-order valence-corrected chi connectivity index (χ0v) is 20.0. The van der Waals surface area contributed by atoms with Gasteiger partial charge in [-0.25, -0.2) is 0 Å². The average molecular weight is 434 g/mol. The standard InChI is InChI=1S/C28H39N3O/c1-21-14-17-31(18-15-21)27-12-10-25(11-13-27)23(3)29-28(32)26-8-6-24(7-9-26)20-30-16-4-5-22(2)19-30/h6-13,21-23H,4-5,14-20H2,1-3H3,(H,29,32)/t22-,23+/m0/s1. The molecule has 0 aliphatic carbocycles. The molecule has 0 spiro atoms. The molecule has 2 saturated heterocycles. The molecule has 2 fully saturated rings. The minimum absolute atomic E-state index is 0.00950. The first-order valence-corrected chi connectivity index (χ1v) is 12.4. The van der Waals surface area contributed by atoms with Crippen LogP contribution in [0.15, 0.2) is 48.5 Å². The summed E-state index contributed by atoms with van der Waals surface area (Å²) in [6, 6.07) is 16.8. The molecule has 2 aromatic carbocycles. The van der Waals surface area contributed by atoms with E-state index in [0.29, 0.717) is 0 Å². The summed E-state index contributed by atoms with van der Waals surface area (Å²) >= 11 is 0. The van der Waals surface area contributed by atoms with Gasteiger partial charge in [-0.1, -0.05) is 38.1 Å². The molecule has 4 rings (SSSR count). The topological polar surface area (TPSA) is 35.6 Å². The largest absolute Gasteiger partial charge is 0.372 e. The van der Waals surface area contributed by atoms with E-state index < -0.39 is 0 Å². The zero-order valence-electron chi connectivity index (χ0n) is 20.0. The molecule has 2 heterocycles. The first-order chi connectivity index (χ1) is 15.5. The maximum atomic E-state index is 12.8. The van der Waals surface area contributed by atoms with Crippen LogP contribution in [0, 0.1) is 11.8 Å². The molecule has 32 heavy (non-hydrogen) atoms. The van der Waals surface area contributed by atoms with E-state index in [9.17, 15) is 4.79 Å². The van der Waals surface area contributed by atoms with Crippen molar-refractivity contribution >= 4 is 11.6 Å². The molecule has 2 atom stereocenters. The van der Waals surface area contributed by atoms with Crippen molar-refractivity contribution in [3.8, 4) is 0 Å². The molecule has 172 valence electrons. The molecular weight excluding hydrogens is 394 g/mol. The molecule has 0 radical (unpaired) electrons. The van der Waals surface area contributed by atoms with Crippen LogP contribution >= 0.6 is 0 Å². The number of nitrogens with zero attached hydrogens (tertiary/aromatic N) is 2. The molecule has 2 aromatic rings. The molecule has 2 aliphatic rings. The minimum atomic E-state index is -0.0209. The Morgan fingerprint density at radius 1 is 0.938 bits per heavy atom. The average Bonchev–Trinajstić information content (AvgIpc) is 2.80. The summed E-state index contributed by atoms with van der Waals surface area (Å²) in [4.78, 5) is 17.8. The number of benzene rings is 2. The zero-order chi connectivity index (χ0) is 22.5. The van der Waals surface area contributed by atoms with Gasteiger partial charge in [-0.05, 0) is 86.4 Å². The summed E-state index contributed by atoms with van der Waals surface area (Å²) in [6.45, 7) is 12.3. The van der Waals surface area contributed by atoms with Crippen molar-refractivity contribution in [2.75, 3.05) is 31.1 Å². The fourth-order valence-corrected chi connectivity index (χ4v) is 5.05. The van der Waals surface area contributed by atoms with Gasteiger partial charge in [0.2, 0.25) is 0 Å². The van der Waals surface area contributed by atoms with Gasteiger partial charge in [0.15, 0.2) is 0 Å². The highest BCUT2D eigenvalue weighted by Crippen LogP contribution is 2.25. The monoisotopic (exact) mass is 433 g/mol. The van der Waals surface area contributed by atoms with E-state index in [1.165, 1.54) is 50.0 Å². The van der Waals surface area contributed by atoms with Gasteiger partial charge >= 0.3 is 0 Å². The molecule has 0 unspecified atom stereocenters. The number of amides is 1. The van der Waals surface area contributed by atoms with E-state index >= 15 is 0 Å². The van der Waals surface area contributed by atoms with Crippen molar-refractivity contribution in [2.45, 2.75) is 59.0 Å². The molecule has 2 aliphatic heterocycles. The Kier molecular flexibility index (Phi) is 7.51. The van der Waals surface area contributed by atoms with Gasteiger partial charge in [0.25, 0.3) is 5.91 Å². The van der Waals surface area contributed by atoms with Crippen LogP contribution < -0.4 is 10.2 Å². The maximum absolute atomic E-state index is 12.8. The lowest BCUT2D eigenvalue weighted by Crippen LogP contribution is -2.33. The van der Waals surface area contributed by atoms with Crippen molar-refractivity contribution in [1.82, 2.24) is 10.2 Å². The van der Waals surface area contributed by atoms with Gasteiger partial charge in [-0.3, -0.25) is 9.69 Å². The summed E-state index contributed by atoms with van der Waals surface area (Å²) in [7, 11) is 0. The van der Waals surface area contributed by atoms with Gasteiger partial charge in [0.1, 0.15) is 0 Å². The van der Waals surface area contributed by atoms with Gasteiger partial charge in [0.05, 0.1) is 6.04 Å². The second kappa shape index (κ2) is 10.5. The van der Waals surface area contributed by atoms with Crippen LogP contribution in [0.5, 0.6) is 0 Å². The van der Waals surface area contributed by atoms with Crippen LogP contribution in [0.1, 0.15) is 74.0 Å². The summed E-state index contributed by atoms with van der Waals surface area (Å²) in [5.74, 6) is 1.61. The first-order valence-electron chi connectivity index (χ1n) is 12.4. The van der Waals surface area contributed by atoms with Crippen LogP contribution in [0.3, 0.4) is 0 Å². The van der Waals surface area contributed by atoms with Crippen molar-refractivity contribution in [3.63, 3.8) is 0 Å². The third-order valence-electron chi connectivity index (χ3n) is 7.25. The maximum Gasteiger partial charge on any atom is 0.251 e. The Labute approximate surface area is 194 Å². The van der Waals surface area contributed by atoms with E-state index in [2.05, 4.69) is 72.3 Å². The second-order valence-electron chi connectivity index (χ2n) is 10.1. The molecule has 4 nitrogen and oxygen atoms in total. The third-order valence-corrected chi connectivity index (χ3v) is 7.25. The third kappa shape index (κ3) is 5.92. The van der Waals surface area contributed by atoms with Gasteiger partial charge < -0.3 is 10.2 Å². The Balaban J connectivity index is 1.30. The van der Waals surface area contributed by atoms with Gasteiger partial charge in [-0.2, -0.15) is 0 Å². The molecular formula is C28H39N3O. The Bertz CT molecular complexity index is 869. The molecule has 1 N–H and O–H groups in total. The number of anilines is 1. The second-order valence-corrected chi connectivity index (χ2v) is 10.1. The summed E-state index contributed by atoms with van der Waals surface area (Å²) in [5.41, 5.74) is 4.44. The van der Waals surface area contributed by atoms with Crippen LogP contribution in [0.4, 0.5) is 5.69 Å². The highest BCUT2D eigenvalue weighted by atomic mass is 16.1. The highest BCUT2D eigenvalue weighted by Gasteiger charge is 2.18. The lowest BCUT2D eigenvalue weighted by atomic mass is 9.98. The molecule has 4 heteroatoms. The van der Waals surface area contributed by atoms with Crippen molar-refractivity contribution in [1.29, 1.82) is 0 Å². The number of likely N-dealkylation sites (tertiary alicyclic amines) is 1. The van der Waals surface area contributed by atoms with Crippen LogP contribution in [0.25, 0.3) is 0 Å². The minimum Gasteiger partial charge on any atom is -0.372 e. The Morgan fingerprint density at radius 2 is 1.62 bits per heavy atom. The smallest absolute Gasteiger partial charge is 0.251 e. The summed E-state index contributed by atoms with van der Waals surface area (Å²) in [5, 5.41) is 3.16. The molecule has 0 bridgehead atoms. The van der Waals surface area contributed by atoms with Crippen LogP contribution in [0.2, 0.25) is 0 Å². The van der Waals surface area contributed by atoms with Crippen LogP contribution in [-0.2, 0) is 6.54 Å². The lowest BCUT2D eigenvalue weighted by Gasteiger charge is -2.32. The van der Waals surface area contributed by atoms with Crippen molar-refractivity contribution in [2.24, 2.45) is 11.8 Å². The van der Waals surface area contributed by atoms with Gasteiger partial charge in [0, 0.05) is 37.4 Å². The van der Waals surface area contributed by atoms with Crippen molar-refractivity contribution < 1.29 is 4.79 Å². The number of nitrogens with one attached hydrogen (secondary N) is 1. The Hall–Kier alpha value is -2.33. The fraction of sp³-hybridized carbons (Fsp3) is 0.536. The number of piperidine rings is 2. The molecule has 0 aromatic heterocycles. The molecule has 0 saturated carbocycles. The predicted molar refractivity (Wildman–Crippen MR) is 133 cm³/mol. The van der Waals surface area contributed by atoms with E-state index in [4.69, 9.17) is 0 Å². The predicted octanol–water partition coefficient (Wildman–Crippen LogP) is 5.65. The SMILES string of the molecule is CC1CCN(c2ccc([C@@H](C)NC(=O)c3ccc(CN4CCC[C@H](C)C4)cc3)cc2)CC1. The van der Waals surface area contributed by atoms with Gasteiger partial charge in [-0.15, -0.1) is 0 Å². The molecule has 1 amide bonds. The number of hydrogen-bond acceptors (Lipinski definition) is 3. The number of carbonyl (C=O) groups is 1. The first kappa shape index (κ1) is 22.8. The number of rotatable bonds is 6. The number of carbonyl (C=O) groups excluding carboxylic acids is 1.